The number of rotatable bonds is 7. The van der Waals surface area contributed by atoms with Gasteiger partial charge in [0.2, 0.25) is 0 Å². The first kappa shape index (κ1) is 14.5. The third kappa shape index (κ3) is 5.52. The maximum Gasteiger partial charge on any atom is 0.103 e. The van der Waals surface area contributed by atoms with Crippen LogP contribution in [0.2, 0.25) is 0 Å². The number of benzene rings is 1. The number of thiocarbonyl (C=S) groups is 1. The monoisotopic (exact) mass is 268 g/mol. The van der Waals surface area contributed by atoms with Crippen LogP contribution in [-0.2, 0) is 6.54 Å². The highest BCUT2D eigenvalue weighted by Crippen LogP contribution is 2.08. The molecule has 0 atom stereocenters. The first-order valence-electron chi connectivity index (χ1n) is 5.69. The second-order valence-electron chi connectivity index (χ2n) is 4.15. The second-order valence-corrected chi connectivity index (χ2v) is 5.57. The summed E-state index contributed by atoms with van der Waals surface area (Å²) in [5.41, 5.74) is 7.85. The highest BCUT2D eigenvalue weighted by atomic mass is 32.2. The summed E-state index contributed by atoms with van der Waals surface area (Å²) in [6.45, 7) is 2.07. The normalized spacial score (nSPS) is 10.8. The van der Waals surface area contributed by atoms with Crippen molar-refractivity contribution in [3.63, 3.8) is 0 Å². The largest absolute Gasteiger partial charge is 0.389 e. The molecule has 0 bridgehead atoms. The van der Waals surface area contributed by atoms with Crippen LogP contribution in [0.1, 0.15) is 17.5 Å². The maximum absolute atomic E-state index is 5.63. The predicted octanol–water partition coefficient (Wildman–Crippen LogP) is 2.51. The Kier molecular flexibility index (Phi) is 6.55. The molecule has 1 aromatic rings. The van der Waals surface area contributed by atoms with Crippen LogP contribution in [0.25, 0.3) is 0 Å². The standard InChI is InChI=1S/C13H20N2S2/c1-15(7-4-8-17-2)10-11-5-3-6-12(9-11)13(14)16/h3,5-6,9H,4,7-8,10H2,1-2H3,(H2,14,16). The fourth-order valence-electron chi connectivity index (χ4n) is 1.69. The number of nitrogens with two attached hydrogens (primary N) is 1. The van der Waals surface area contributed by atoms with Gasteiger partial charge >= 0.3 is 0 Å². The fraction of sp³-hybridized carbons (Fsp3) is 0.462. The van der Waals surface area contributed by atoms with E-state index >= 15 is 0 Å². The van der Waals surface area contributed by atoms with Crippen molar-refractivity contribution in [2.24, 2.45) is 5.73 Å². The molecule has 0 radical (unpaired) electrons. The smallest absolute Gasteiger partial charge is 0.103 e. The molecule has 0 saturated heterocycles. The SMILES string of the molecule is CSCCCN(C)Cc1cccc(C(N)=S)c1. The fourth-order valence-corrected chi connectivity index (χ4v) is 2.24. The second kappa shape index (κ2) is 7.69. The van der Waals surface area contributed by atoms with Crippen molar-refractivity contribution >= 4 is 29.0 Å². The quantitative estimate of drug-likeness (QED) is 0.608. The molecule has 2 nitrogen and oxygen atoms in total. The zero-order valence-electron chi connectivity index (χ0n) is 10.5. The van der Waals surface area contributed by atoms with E-state index < -0.39 is 0 Å². The zero-order valence-corrected chi connectivity index (χ0v) is 12.1. The van der Waals surface area contributed by atoms with E-state index in [0.717, 1.165) is 18.7 Å². The molecule has 0 amide bonds. The topological polar surface area (TPSA) is 29.3 Å². The Morgan fingerprint density at radius 2 is 2.24 bits per heavy atom. The minimum absolute atomic E-state index is 0.469. The molecule has 1 rings (SSSR count). The maximum atomic E-state index is 5.63. The zero-order chi connectivity index (χ0) is 12.7. The molecule has 2 N–H and O–H groups in total. The van der Waals surface area contributed by atoms with E-state index in [1.54, 1.807) is 0 Å². The molecular formula is C13H20N2S2. The molecule has 94 valence electrons. The lowest BCUT2D eigenvalue weighted by Gasteiger charge is -2.16. The summed E-state index contributed by atoms with van der Waals surface area (Å²) in [6.07, 6.45) is 3.37. The van der Waals surface area contributed by atoms with E-state index in [0.29, 0.717) is 4.99 Å². The van der Waals surface area contributed by atoms with E-state index in [4.69, 9.17) is 18.0 Å². The van der Waals surface area contributed by atoms with Crippen LogP contribution >= 0.6 is 24.0 Å². The molecule has 4 heteroatoms. The van der Waals surface area contributed by atoms with E-state index in [-0.39, 0.29) is 0 Å². The highest BCUT2D eigenvalue weighted by molar-refractivity contribution is 7.98. The van der Waals surface area contributed by atoms with Gasteiger partial charge in [-0.2, -0.15) is 11.8 Å². The van der Waals surface area contributed by atoms with Gasteiger partial charge in [-0.05, 0) is 43.7 Å². The Labute approximate surface area is 114 Å². The molecule has 17 heavy (non-hydrogen) atoms. The molecule has 1 aromatic carbocycles. The van der Waals surface area contributed by atoms with Crippen LogP contribution < -0.4 is 5.73 Å². The van der Waals surface area contributed by atoms with E-state index in [9.17, 15) is 0 Å². The molecule has 0 saturated carbocycles. The number of nitrogens with zero attached hydrogens (tertiary/aromatic N) is 1. The molecule has 0 aliphatic carbocycles. The minimum atomic E-state index is 0.469. The van der Waals surface area contributed by atoms with Gasteiger partial charge in [0.05, 0.1) is 0 Å². The van der Waals surface area contributed by atoms with Crippen LogP contribution in [0.5, 0.6) is 0 Å². The van der Waals surface area contributed by atoms with Gasteiger partial charge in [-0.25, -0.2) is 0 Å². The number of hydrogen-bond acceptors (Lipinski definition) is 3. The highest BCUT2D eigenvalue weighted by Gasteiger charge is 2.02. The molecule has 0 unspecified atom stereocenters. The van der Waals surface area contributed by atoms with Crippen LogP contribution in [0.4, 0.5) is 0 Å². The van der Waals surface area contributed by atoms with Crippen molar-refractivity contribution in [2.75, 3.05) is 25.6 Å². The van der Waals surface area contributed by atoms with E-state index in [2.05, 4.69) is 30.3 Å². The summed E-state index contributed by atoms with van der Waals surface area (Å²) >= 11 is 6.88. The van der Waals surface area contributed by atoms with Gasteiger partial charge in [0, 0.05) is 12.1 Å². The van der Waals surface area contributed by atoms with Crippen molar-refractivity contribution in [1.82, 2.24) is 4.90 Å². The average molecular weight is 268 g/mol. The van der Waals surface area contributed by atoms with Crippen molar-refractivity contribution in [3.05, 3.63) is 35.4 Å². The average Bonchev–Trinajstić information content (AvgIpc) is 2.29. The molecular weight excluding hydrogens is 248 g/mol. The minimum Gasteiger partial charge on any atom is -0.389 e. The number of thioether (sulfide) groups is 1. The van der Waals surface area contributed by atoms with E-state index in [1.165, 1.54) is 17.7 Å². The summed E-state index contributed by atoms with van der Waals surface area (Å²) in [7, 11) is 2.15. The van der Waals surface area contributed by atoms with Crippen molar-refractivity contribution < 1.29 is 0 Å². The third-order valence-electron chi connectivity index (χ3n) is 2.55. The summed E-state index contributed by atoms with van der Waals surface area (Å²) in [4.78, 5) is 2.80. The summed E-state index contributed by atoms with van der Waals surface area (Å²) in [5, 5.41) is 0. The van der Waals surface area contributed by atoms with E-state index in [1.807, 2.05) is 23.9 Å². The molecule has 0 aliphatic heterocycles. The Hall–Kier alpha value is -0.580. The summed E-state index contributed by atoms with van der Waals surface area (Å²) < 4.78 is 0. The van der Waals surface area contributed by atoms with Gasteiger partial charge in [0.1, 0.15) is 4.99 Å². The van der Waals surface area contributed by atoms with Gasteiger partial charge in [-0.3, -0.25) is 0 Å². The lowest BCUT2D eigenvalue weighted by Crippen LogP contribution is -2.20. The molecule has 0 aliphatic rings. The van der Waals surface area contributed by atoms with Crippen LogP contribution in [0.15, 0.2) is 24.3 Å². The Morgan fingerprint density at radius 3 is 2.88 bits per heavy atom. The lowest BCUT2D eigenvalue weighted by molar-refractivity contribution is 0.328. The first-order valence-corrected chi connectivity index (χ1v) is 7.50. The van der Waals surface area contributed by atoms with Gasteiger partial charge < -0.3 is 10.6 Å². The van der Waals surface area contributed by atoms with Gasteiger partial charge in [-0.15, -0.1) is 0 Å². The molecule has 0 spiro atoms. The van der Waals surface area contributed by atoms with Crippen molar-refractivity contribution in [3.8, 4) is 0 Å². The molecule has 0 fully saturated rings. The summed E-state index contributed by atoms with van der Waals surface area (Å²) in [6, 6.07) is 8.17. The third-order valence-corrected chi connectivity index (χ3v) is 3.48. The molecule has 0 aromatic heterocycles. The Bertz CT molecular complexity index is 366. The molecule has 0 heterocycles. The first-order chi connectivity index (χ1) is 8.13. The van der Waals surface area contributed by atoms with Crippen LogP contribution in [-0.4, -0.2) is 35.5 Å². The Morgan fingerprint density at radius 1 is 1.47 bits per heavy atom. The van der Waals surface area contributed by atoms with Gasteiger partial charge in [0.15, 0.2) is 0 Å². The van der Waals surface area contributed by atoms with Crippen LogP contribution in [0.3, 0.4) is 0 Å². The number of hydrogen-bond donors (Lipinski definition) is 1. The lowest BCUT2D eigenvalue weighted by atomic mass is 10.1. The van der Waals surface area contributed by atoms with Gasteiger partial charge in [-0.1, -0.05) is 30.4 Å². The van der Waals surface area contributed by atoms with Crippen molar-refractivity contribution in [1.29, 1.82) is 0 Å². The Balaban J connectivity index is 2.50. The predicted molar refractivity (Wildman–Crippen MR) is 81.7 cm³/mol. The van der Waals surface area contributed by atoms with Gasteiger partial charge in [0.25, 0.3) is 0 Å². The van der Waals surface area contributed by atoms with Crippen molar-refractivity contribution in [2.45, 2.75) is 13.0 Å². The summed E-state index contributed by atoms with van der Waals surface area (Å²) in [5.74, 6) is 1.22. The van der Waals surface area contributed by atoms with Crippen LogP contribution in [0, 0.1) is 0 Å².